The summed E-state index contributed by atoms with van der Waals surface area (Å²) in [5.74, 6) is 0.116. The smallest absolute Gasteiger partial charge is 0.278 e. The van der Waals surface area contributed by atoms with Crippen molar-refractivity contribution in [2.24, 2.45) is 0 Å². The quantitative estimate of drug-likeness (QED) is 0.530. The number of benzene rings is 2. The molecule has 0 saturated heterocycles. The molecule has 4 aromatic rings. The molecule has 0 aliphatic rings. The van der Waals surface area contributed by atoms with Crippen molar-refractivity contribution in [1.29, 1.82) is 0 Å². The van der Waals surface area contributed by atoms with Gasteiger partial charge < -0.3 is 9.80 Å². The summed E-state index contributed by atoms with van der Waals surface area (Å²) < 4.78 is 2.35. The second-order valence-corrected chi connectivity index (χ2v) is 9.26. The minimum Gasteiger partial charge on any atom is -0.332 e. The largest absolute Gasteiger partial charge is 0.332 e. The van der Waals surface area contributed by atoms with Gasteiger partial charge in [-0.15, -0.1) is 22.7 Å². The standard InChI is InChI=1S/C21H22N4OS2/c1-14(21-23-16-9-5-7-11-18(16)28-21)25(3)20(26)13-24(2)12-19-22-15-8-4-6-10-17(15)27-19/h4-11,14H,12-13H2,1-3H3/p+1/t14-/m0/s1. The Hall–Kier alpha value is -2.35. The van der Waals surface area contributed by atoms with Crippen LogP contribution in [-0.2, 0) is 11.3 Å². The van der Waals surface area contributed by atoms with E-state index in [2.05, 4.69) is 17.1 Å². The van der Waals surface area contributed by atoms with Gasteiger partial charge in [-0.1, -0.05) is 24.3 Å². The van der Waals surface area contributed by atoms with Gasteiger partial charge in [0.2, 0.25) is 0 Å². The lowest BCUT2D eigenvalue weighted by Crippen LogP contribution is -3.08. The molecule has 0 fully saturated rings. The summed E-state index contributed by atoms with van der Waals surface area (Å²) >= 11 is 3.36. The number of nitrogens with zero attached hydrogens (tertiary/aromatic N) is 3. The van der Waals surface area contributed by atoms with Crippen molar-refractivity contribution in [2.45, 2.75) is 19.5 Å². The number of carbonyl (C=O) groups is 1. The first-order valence-electron chi connectivity index (χ1n) is 9.28. The van der Waals surface area contributed by atoms with Gasteiger partial charge >= 0.3 is 0 Å². The van der Waals surface area contributed by atoms with Crippen LogP contribution < -0.4 is 4.90 Å². The molecule has 0 spiro atoms. The predicted molar refractivity (Wildman–Crippen MR) is 116 cm³/mol. The maximum atomic E-state index is 12.8. The molecule has 2 heterocycles. The van der Waals surface area contributed by atoms with Crippen LogP contribution in [0, 0.1) is 0 Å². The Kier molecular flexibility index (Phi) is 5.39. The maximum absolute atomic E-state index is 12.8. The van der Waals surface area contributed by atoms with Gasteiger partial charge in [0.1, 0.15) is 16.6 Å². The van der Waals surface area contributed by atoms with Crippen molar-refractivity contribution in [3.05, 3.63) is 58.5 Å². The number of quaternary nitrogens is 1. The number of hydrogen-bond acceptors (Lipinski definition) is 5. The summed E-state index contributed by atoms with van der Waals surface area (Å²) in [6.45, 7) is 3.22. The van der Waals surface area contributed by atoms with Crippen LogP contribution in [0.5, 0.6) is 0 Å². The summed E-state index contributed by atoms with van der Waals surface area (Å²) in [6, 6.07) is 16.2. The van der Waals surface area contributed by atoms with E-state index in [0.717, 1.165) is 37.2 Å². The van der Waals surface area contributed by atoms with Crippen molar-refractivity contribution in [2.75, 3.05) is 20.6 Å². The summed E-state index contributed by atoms with van der Waals surface area (Å²) in [5, 5.41) is 2.04. The van der Waals surface area contributed by atoms with Gasteiger partial charge in [-0.05, 0) is 31.2 Å². The molecule has 4 rings (SSSR count). The molecule has 0 bridgehead atoms. The molecule has 2 aromatic carbocycles. The van der Waals surface area contributed by atoms with Gasteiger partial charge in [-0.2, -0.15) is 0 Å². The molecule has 28 heavy (non-hydrogen) atoms. The molecule has 2 atom stereocenters. The molecule has 2 aromatic heterocycles. The van der Waals surface area contributed by atoms with Gasteiger partial charge in [0.15, 0.2) is 6.54 Å². The number of thiazole rings is 2. The van der Waals surface area contributed by atoms with Gasteiger partial charge in [0, 0.05) is 7.05 Å². The Morgan fingerprint density at radius 2 is 1.64 bits per heavy atom. The average molecular weight is 412 g/mol. The van der Waals surface area contributed by atoms with Crippen LogP contribution >= 0.6 is 22.7 Å². The molecule has 5 nitrogen and oxygen atoms in total. The zero-order valence-corrected chi connectivity index (χ0v) is 17.8. The monoisotopic (exact) mass is 411 g/mol. The average Bonchev–Trinajstić information content (AvgIpc) is 3.29. The molecule has 0 saturated carbocycles. The molecule has 0 radical (unpaired) electrons. The summed E-state index contributed by atoms with van der Waals surface area (Å²) in [4.78, 5) is 25.1. The fourth-order valence-electron chi connectivity index (χ4n) is 3.15. The lowest BCUT2D eigenvalue weighted by Gasteiger charge is -2.24. The normalized spacial score (nSPS) is 13.7. The van der Waals surface area contributed by atoms with E-state index in [0.29, 0.717) is 6.54 Å². The number of hydrogen-bond donors (Lipinski definition) is 1. The van der Waals surface area contributed by atoms with Crippen molar-refractivity contribution < 1.29 is 9.69 Å². The molecule has 0 aliphatic heterocycles. The first-order chi connectivity index (χ1) is 13.5. The van der Waals surface area contributed by atoms with Gasteiger partial charge in [-0.25, -0.2) is 9.97 Å². The van der Waals surface area contributed by atoms with Crippen molar-refractivity contribution >= 4 is 49.0 Å². The maximum Gasteiger partial charge on any atom is 0.278 e. The molecule has 0 aliphatic carbocycles. The molecular weight excluding hydrogens is 388 g/mol. The van der Waals surface area contributed by atoms with Crippen molar-refractivity contribution in [3.8, 4) is 0 Å². The highest BCUT2D eigenvalue weighted by molar-refractivity contribution is 7.18. The molecule has 7 heteroatoms. The second-order valence-electron chi connectivity index (χ2n) is 7.09. The fourth-order valence-corrected chi connectivity index (χ4v) is 5.29. The Morgan fingerprint density at radius 3 is 2.29 bits per heavy atom. The Bertz CT molecular complexity index is 1050. The van der Waals surface area contributed by atoms with Crippen LogP contribution in [0.1, 0.15) is 23.0 Å². The van der Waals surface area contributed by atoms with Crippen LogP contribution in [0.2, 0.25) is 0 Å². The molecule has 1 amide bonds. The van der Waals surface area contributed by atoms with E-state index >= 15 is 0 Å². The first-order valence-corrected chi connectivity index (χ1v) is 10.9. The number of nitrogens with one attached hydrogen (secondary N) is 1. The topological polar surface area (TPSA) is 50.5 Å². The number of aromatic nitrogens is 2. The lowest BCUT2D eigenvalue weighted by molar-refractivity contribution is -0.885. The van der Waals surface area contributed by atoms with Crippen LogP contribution in [0.15, 0.2) is 48.5 Å². The number of fused-ring (bicyclic) bond motifs is 2. The number of carbonyl (C=O) groups excluding carboxylic acids is 1. The minimum atomic E-state index is -0.0415. The highest BCUT2D eigenvalue weighted by atomic mass is 32.1. The molecule has 1 unspecified atom stereocenters. The second kappa shape index (κ2) is 7.95. The van der Waals surface area contributed by atoms with E-state index in [-0.39, 0.29) is 11.9 Å². The number of likely N-dealkylation sites (N-methyl/N-ethyl adjacent to an activating group) is 2. The van der Waals surface area contributed by atoms with Gasteiger partial charge in [0.05, 0.1) is 33.5 Å². The number of rotatable bonds is 6. The number of para-hydroxylation sites is 2. The van der Waals surface area contributed by atoms with Crippen molar-refractivity contribution in [1.82, 2.24) is 14.9 Å². The summed E-state index contributed by atoms with van der Waals surface area (Å²) in [6.07, 6.45) is 0. The van der Waals surface area contributed by atoms with Crippen LogP contribution in [0.4, 0.5) is 0 Å². The highest BCUT2D eigenvalue weighted by Gasteiger charge is 2.23. The third-order valence-corrected chi connectivity index (χ3v) is 7.13. The Balaban J connectivity index is 1.40. The SMILES string of the molecule is C[C@@H](c1nc2ccccc2s1)N(C)C(=O)C[NH+](C)Cc1nc2ccccc2s1. The van der Waals surface area contributed by atoms with Gasteiger partial charge in [-0.3, -0.25) is 4.79 Å². The highest BCUT2D eigenvalue weighted by Crippen LogP contribution is 2.28. The molecule has 1 N–H and O–H groups in total. The fraction of sp³-hybridized carbons (Fsp3) is 0.286. The van der Waals surface area contributed by atoms with E-state index in [4.69, 9.17) is 4.98 Å². The van der Waals surface area contributed by atoms with Crippen LogP contribution in [0.3, 0.4) is 0 Å². The minimum absolute atomic E-state index is 0.0415. The van der Waals surface area contributed by atoms with Crippen LogP contribution in [0.25, 0.3) is 20.4 Å². The third kappa shape index (κ3) is 3.92. The van der Waals surface area contributed by atoms with Crippen molar-refractivity contribution in [3.63, 3.8) is 0 Å². The first kappa shape index (κ1) is 19.0. The number of amides is 1. The van der Waals surface area contributed by atoms with Crippen LogP contribution in [-0.4, -0.2) is 41.4 Å². The third-order valence-electron chi connectivity index (χ3n) is 4.89. The summed E-state index contributed by atoms with van der Waals surface area (Å²) in [5.41, 5.74) is 2.02. The predicted octanol–water partition coefficient (Wildman–Crippen LogP) is 3.14. The van der Waals surface area contributed by atoms with E-state index in [1.54, 1.807) is 27.6 Å². The van der Waals surface area contributed by atoms with E-state index in [1.165, 1.54) is 4.70 Å². The zero-order chi connectivity index (χ0) is 19.7. The Labute approximate surface area is 172 Å². The molecular formula is C21H23N4OS2+. The lowest BCUT2D eigenvalue weighted by atomic mass is 10.3. The molecule has 144 valence electrons. The Morgan fingerprint density at radius 1 is 1.04 bits per heavy atom. The van der Waals surface area contributed by atoms with E-state index in [1.807, 2.05) is 57.4 Å². The van der Waals surface area contributed by atoms with E-state index < -0.39 is 0 Å². The zero-order valence-electron chi connectivity index (χ0n) is 16.2. The van der Waals surface area contributed by atoms with E-state index in [9.17, 15) is 4.79 Å². The summed E-state index contributed by atoms with van der Waals surface area (Å²) in [7, 11) is 3.91. The van der Waals surface area contributed by atoms with Gasteiger partial charge in [0.25, 0.3) is 5.91 Å².